The third kappa shape index (κ3) is 4.17. The fourth-order valence-electron chi connectivity index (χ4n) is 2.42. The summed E-state index contributed by atoms with van der Waals surface area (Å²) in [5.41, 5.74) is 0.0816. The number of benzene rings is 1. The third-order valence-electron chi connectivity index (χ3n) is 3.59. The van der Waals surface area contributed by atoms with E-state index in [1.54, 1.807) is 12.1 Å². The van der Waals surface area contributed by atoms with E-state index in [1.807, 2.05) is 6.92 Å². The van der Waals surface area contributed by atoms with Gasteiger partial charge in [0.1, 0.15) is 5.82 Å². The quantitative estimate of drug-likeness (QED) is 0.864. The summed E-state index contributed by atoms with van der Waals surface area (Å²) in [6, 6.07) is 4.58. The maximum Gasteiger partial charge on any atom is 0.255 e. The van der Waals surface area contributed by atoms with Crippen molar-refractivity contribution in [2.45, 2.75) is 25.8 Å². The van der Waals surface area contributed by atoms with Gasteiger partial charge in [0, 0.05) is 10.5 Å². The van der Waals surface area contributed by atoms with Gasteiger partial charge in [0.25, 0.3) is 5.91 Å². The normalized spacial score (nSPS) is 19.9. The Bertz CT molecular complexity index is 446. The molecule has 2 rings (SSSR count). The lowest BCUT2D eigenvalue weighted by atomic mass is 9.92. The molecule has 112 valence electrons. The van der Waals surface area contributed by atoms with Crippen LogP contribution in [0.4, 0.5) is 4.39 Å². The van der Waals surface area contributed by atoms with Gasteiger partial charge in [-0.2, -0.15) is 0 Å². The highest BCUT2D eigenvalue weighted by Crippen LogP contribution is 2.21. The second kappa shape index (κ2) is 7.96. The maximum absolute atomic E-state index is 13.7. The molecule has 1 saturated heterocycles. The maximum atomic E-state index is 13.7. The number of rotatable bonds is 3. The molecule has 0 radical (unpaired) electrons. The molecule has 2 atom stereocenters. The van der Waals surface area contributed by atoms with Crippen molar-refractivity contribution in [1.82, 2.24) is 10.6 Å². The zero-order valence-electron chi connectivity index (χ0n) is 11.3. The summed E-state index contributed by atoms with van der Waals surface area (Å²) in [4.78, 5) is 12.1. The van der Waals surface area contributed by atoms with Crippen LogP contribution in [-0.4, -0.2) is 25.0 Å². The largest absolute Gasteiger partial charge is 0.349 e. The Morgan fingerprint density at radius 1 is 1.55 bits per heavy atom. The van der Waals surface area contributed by atoms with Gasteiger partial charge < -0.3 is 10.6 Å². The first-order chi connectivity index (χ1) is 9.09. The van der Waals surface area contributed by atoms with E-state index in [0.717, 1.165) is 25.9 Å². The van der Waals surface area contributed by atoms with E-state index in [0.29, 0.717) is 10.4 Å². The van der Waals surface area contributed by atoms with Gasteiger partial charge in [-0.25, -0.2) is 4.39 Å². The lowest BCUT2D eigenvalue weighted by Crippen LogP contribution is -2.44. The van der Waals surface area contributed by atoms with E-state index in [4.69, 9.17) is 0 Å². The van der Waals surface area contributed by atoms with E-state index in [-0.39, 0.29) is 29.9 Å². The molecule has 20 heavy (non-hydrogen) atoms. The summed E-state index contributed by atoms with van der Waals surface area (Å²) in [5, 5.41) is 6.22. The zero-order valence-corrected chi connectivity index (χ0v) is 13.7. The summed E-state index contributed by atoms with van der Waals surface area (Å²) < 4.78 is 14.2. The molecule has 1 amide bonds. The molecule has 6 heteroatoms. The van der Waals surface area contributed by atoms with Gasteiger partial charge in [0.2, 0.25) is 0 Å². The van der Waals surface area contributed by atoms with Crippen molar-refractivity contribution < 1.29 is 9.18 Å². The Morgan fingerprint density at radius 2 is 2.30 bits per heavy atom. The van der Waals surface area contributed by atoms with Crippen molar-refractivity contribution >= 4 is 34.2 Å². The minimum absolute atomic E-state index is 0. The fraction of sp³-hybridized carbons (Fsp3) is 0.500. The Hall–Kier alpha value is -0.650. The van der Waals surface area contributed by atoms with E-state index >= 15 is 0 Å². The minimum atomic E-state index is -0.499. The highest BCUT2D eigenvalue weighted by molar-refractivity contribution is 9.10. The van der Waals surface area contributed by atoms with Crippen LogP contribution in [-0.2, 0) is 0 Å². The lowest BCUT2D eigenvalue weighted by molar-refractivity contribution is 0.0917. The summed E-state index contributed by atoms with van der Waals surface area (Å²) in [6.45, 7) is 3.92. The van der Waals surface area contributed by atoms with Gasteiger partial charge in [0.15, 0.2) is 0 Å². The third-order valence-corrected chi connectivity index (χ3v) is 4.25. The molecule has 1 fully saturated rings. The van der Waals surface area contributed by atoms with Gasteiger partial charge in [-0.3, -0.25) is 4.79 Å². The first kappa shape index (κ1) is 17.4. The van der Waals surface area contributed by atoms with Crippen LogP contribution in [0.5, 0.6) is 0 Å². The SMILES string of the molecule is CC(NC(=O)c1c(F)cccc1Br)C1CCCNC1.Cl. The van der Waals surface area contributed by atoms with Gasteiger partial charge in [0.05, 0.1) is 5.56 Å². The average Bonchev–Trinajstić information content (AvgIpc) is 2.39. The van der Waals surface area contributed by atoms with Crippen LogP contribution in [0.2, 0.25) is 0 Å². The standard InChI is InChI=1S/C14H18BrFN2O.ClH/c1-9(10-4-3-7-17-8-10)18-14(19)13-11(15)5-2-6-12(13)16;/h2,5-6,9-10,17H,3-4,7-8H2,1H3,(H,18,19);1H. The van der Waals surface area contributed by atoms with Crippen LogP contribution >= 0.6 is 28.3 Å². The van der Waals surface area contributed by atoms with E-state index < -0.39 is 5.82 Å². The predicted octanol–water partition coefficient (Wildman–Crippen LogP) is 3.13. The molecule has 0 spiro atoms. The first-order valence-corrected chi connectivity index (χ1v) is 7.34. The van der Waals surface area contributed by atoms with Crippen molar-refractivity contribution in [2.24, 2.45) is 5.92 Å². The lowest BCUT2D eigenvalue weighted by Gasteiger charge is -2.29. The molecule has 2 unspecified atom stereocenters. The summed E-state index contributed by atoms with van der Waals surface area (Å²) in [6.07, 6.45) is 2.21. The van der Waals surface area contributed by atoms with Crippen molar-refractivity contribution in [3.05, 3.63) is 34.1 Å². The number of hydrogen-bond donors (Lipinski definition) is 2. The molecule has 0 saturated carbocycles. The fourth-order valence-corrected chi connectivity index (χ4v) is 2.94. The van der Waals surface area contributed by atoms with Crippen LogP contribution in [0.3, 0.4) is 0 Å². The summed E-state index contributed by atoms with van der Waals surface area (Å²) >= 11 is 3.22. The smallest absolute Gasteiger partial charge is 0.255 e. The first-order valence-electron chi connectivity index (χ1n) is 6.55. The van der Waals surface area contributed by atoms with Crippen LogP contribution in [0.1, 0.15) is 30.1 Å². The molecule has 1 aliphatic rings. The second-order valence-corrected chi connectivity index (χ2v) is 5.82. The van der Waals surface area contributed by atoms with Crippen LogP contribution in [0.25, 0.3) is 0 Å². The van der Waals surface area contributed by atoms with Crippen LogP contribution in [0.15, 0.2) is 22.7 Å². The van der Waals surface area contributed by atoms with Crippen molar-refractivity contribution in [3.63, 3.8) is 0 Å². The zero-order chi connectivity index (χ0) is 13.8. The Balaban J connectivity index is 0.00000200. The number of amides is 1. The number of carbonyl (C=O) groups is 1. The number of carbonyl (C=O) groups excluding carboxylic acids is 1. The van der Waals surface area contributed by atoms with Gasteiger partial charge in [-0.1, -0.05) is 6.07 Å². The number of halogens is 3. The molecule has 2 N–H and O–H groups in total. The molecule has 1 aromatic carbocycles. The van der Waals surface area contributed by atoms with Crippen LogP contribution in [0, 0.1) is 11.7 Å². The topological polar surface area (TPSA) is 41.1 Å². The predicted molar refractivity (Wildman–Crippen MR) is 83.9 cm³/mol. The van der Waals surface area contributed by atoms with Crippen molar-refractivity contribution in [2.75, 3.05) is 13.1 Å². The Kier molecular flexibility index (Phi) is 6.92. The molecule has 1 aliphatic heterocycles. The van der Waals surface area contributed by atoms with Crippen molar-refractivity contribution in [1.29, 1.82) is 0 Å². The second-order valence-electron chi connectivity index (χ2n) is 4.97. The van der Waals surface area contributed by atoms with Gasteiger partial charge in [-0.05, 0) is 66.8 Å². The molecule has 0 aliphatic carbocycles. The molecular weight excluding hydrogens is 347 g/mol. The van der Waals surface area contributed by atoms with Crippen LogP contribution < -0.4 is 10.6 Å². The number of piperidine rings is 1. The monoisotopic (exact) mass is 364 g/mol. The minimum Gasteiger partial charge on any atom is -0.349 e. The van der Waals surface area contributed by atoms with E-state index in [9.17, 15) is 9.18 Å². The van der Waals surface area contributed by atoms with Gasteiger partial charge >= 0.3 is 0 Å². The molecular formula is C14H19BrClFN2O. The van der Waals surface area contributed by atoms with E-state index in [2.05, 4.69) is 26.6 Å². The molecule has 0 bridgehead atoms. The highest BCUT2D eigenvalue weighted by Gasteiger charge is 2.23. The number of nitrogens with one attached hydrogen (secondary N) is 2. The molecule has 1 heterocycles. The Morgan fingerprint density at radius 3 is 2.90 bits per heavy atom. The van der Waals surface area contributed by atoms with Gasteiger partial charge in [-0.15, -0.1) is 12.4 Å². The number of hydrogen-bond acceptors (Lipinski definition) is 2. The summed E-state index contributed by atoms with van der Waals surface area (Å²) in [5.74, 6) is -0.452. The molecule has 1 aromatic rings. The molecule has 0 aromatic heterocycles. The van der Waals surface area contributed by atoms with Crippen molar-refractivity contribution in [3.8, 4) is 0 Å². The average molecular weight is 366 g/mol. The van der Waals surface area contributed by atoms with E-state index in [1.165, 1.54) is 6.07 Å². The summed E-state index contributed by atoms with van der Waals surface area (Å²) in [7, 11) is 0. The highest BCUT2D eigenvalue weighted by atomic mass is 79.9. The Labute approximate surface area is 133 Å². The molecule has 3 nitrogen and oxygen atoms in total.